The molecule has 0 aromatic carbocycles. The Labute approximate surface area is 81.3 Å². The fraction of sp³-hybridized carbons (Fsp3) is 0.286. The van der Waals surface area contributed by atoms with Crippen molar-refractivity contribution in [1.82, 2.24) is 4.98 Å². The normalized spacial score (nSPS) is 11.5. The Hall–Kier alpha value is -1.70. The number of anilines is 1. The summed E-state index contributed by atoms with van der Waals surface area (Å²) in [6.45, 7) is -0.768. The number of hydrogen-bond acceptors (Lipinski definition) is 4. The zero-order valence-corrected chi connectivity index (χ0v) is 7.26. The molecule has 4 N–H and O–H groups in total. The van der Waals surface area contributed by atoms with Gasteiger partial charge in [-0.2, -0.15) is 0 Å². The van der Waals surface area contributed by atoms with Gasteiger partial charge in [-0.05, 0) is 0 Å². The molecular weight excluding hydrogens is 217 g/mol. The van der Waals surface area contributed by atoms with Crippen LogP contribution in [0, 0.1) is 0 Å². The van der Waals surface area contributed by atoms with Gasteiger partial charge in [0.2, 0.25) is 0 Å². The van der Waals surface area contributed by atoms with Crippen molar-refractivity contribution in [2.24, 2.45) is 0 Å². The molecule has 0 radical (unpaired) electrons. The number of aromatic amines is 1. The van der Waals surface area contributed by atoms with Gasteiger partial charge >= 0.3 is 6.36 Å². The third-order valence-corrected chi connectivity index (χ3v) is 1.58. The number of ether oxygens (including phenoxy) is 1. The smallest absolute Gasteiger partial charge is 0.402 e. The van der Waals surface area contributed by atoms with Crippen LogP contribution >= 0.6 is 0 Å². The van der Waals surface area contributed by atoms with Crippen LogP contribution in [0.25, 0.3) is 0 Å². The van der Waals surface area contributed by atoms with E-state index in [1.807, 2.05) is 4.98 Å². The first-order chi connectivity index (χ1) is 6.85. The Morgan fingerprint density at radius 2 is 2.13 bits per heavy atom. The van der Waals surface area contributed by atoms with E-state index in [2.05, 4.69) is 4.74 Å². The largest absolute Gasteiger partial charge is 0.573 e. The topological polar surface area (TPSA) is 88.3 Å². The lowest BCUT2D eigenvalue weighted by Gasteiger charge is -2.11. The summed E-state index contributed by atoms with van der Waals surface area (Å²) in [6.07, 6.45) is -4.22. The number of H-pyrrole nitrogens is 1. The number of rotatable bonds is 2. The van der Waals surface area contributed by atoms with E-state index in [0.29, 0.717) is 6.20 Å². The Kier molecular flexibility index (Phi) is 2.89. The second-order valence-electron chi connectivity index (χ2n) is 2.58. The van der Waals surface area contributed by atoms with Crippen LogP contribution < -0.4 is 16.0 Å². The van der Waals surface area contributed by atoms with Crippen molar-refractivity contribution >= 4 is 5.69 Å². The fourth-order valence-corrected chi connectivity index (χ4v) is 0.933. The first-order valence-electron chi connectivity index (χ1n) is 3.72. The second-order valence-corrected chi connectivity index (χ2v) is 2.58. The van der Waals surface area contributed by atoms with Crippen LogP contribution in [0.2, 0.25) is 0 Å². The molecule has 0 spiro atoms. The molecule has 0 aliphatic rings. The minimum absolute atomic E-state index is 0.364. The zero-order chi connectivity index (χ0) is 11.6. The van der Waals surface area contributed by atoms with E-state index in [0.717, 1.165) is 0 Å². The summed E-state index contributed by atoms with van der Waals surface area (Å²) >= 11 is 0. The van der Waals surface area contributed by atoms with Crippen molar-refractivity contribution in [2.45, 2.75) is 13.0 Å². The summed E-state index contributed by atoms with van der Waals surface area (Å²) in [5.74, 6) is -0.744. The lowest BCUT2D eigenvalue weighted by Crippen LogP contribution is -2.21. The van der Waals surface area contributed by atoms with Crippen molar-refractivity contribution in [3.8, 4) is 5.75 Å². The monoisotopic (exact) mass is 224 g/mol. The molecule has 0 atom stereocenters. The molecule has 84 valence electrons. The third kappa shape index (κ3) is 2.62. The highest BCUT2D eigenvalue weighted by Crippen LogP contribution is 2.28. The summed E-state index contributed by atoms with van der Waals surface area (Å²) in [7, 11) is 0. The van der Waals surface area contributed by atoms with E-state index in [-0.39, 0.29) is 5.56 Å². The van der Waals surface area contributed by atoms with Crippen LogP contribution in [0.3, 0.4) is 0 Å². The van der Waals surface area contributed by atoms with Gasteiger partial charge in [0.1, 0.15) is 0 Å². The number of pyridine rings is 1. The standard InChI is InChI=1S/C7H7F3N2O3/c8-7(9,10)15-4-1-12-6(14)3(2-13)5(4)11/h1,13H,2H2,(H3,11,12,14). The van der Waals surface area contributed by atoms with Crippen molar-refractivity contribution < 1.29 is 23.0 Å². The van der Waals surface area contributed by atoms with Gasteiger partial charge in [-0.25, -0.2) is 0 Å². The number of nitrogens with two attached hydrogens (primary N) is 1. The van der Waals surface area contributed by atoms with Gasteiger partial charge in [-0.15, -0.1) is 13.2 Å². The second kappa shape index (κ2) is 3.81. The minimum Gasteiger partial charge on any atom is -0.402 e. The lowest BCUT2D eigenvalue weighted by molar-refractivity contribution is -0.274. The van der Waals surface area contributed by atoms with Gasteiger partial charge in [0, 0.05) is 6.20 Å². The molecule has 0 aliphatic heterocycles. The summed E-state index contributed by atoms with van der Waals surface area (Å²) < 4.78 is 39.0. The molecule has 5 nitrogen and oxygen atoms in total. The molecule has 0 bridgehead atoms. The Bertz CT molecular complexity index is 413. The average molecular weight is 224 g/mol. The zero-order valence-electron chi connectivity index (χ0n) is 7.26. The van der Waals surface area contributed by atoms with Crippen LogP contribution in [-0.2, 0) is 6.61 Å². The number of aromatic nitrogens is 1. The summed E-state index contributed by atoms with van der Waals surface area (Å²) in [5, 5.41) is 8.69. The average Bonchev–Trinajstić information content (AvgIpc) is 2.09. The van der Waals surface area contributed by atoms with E-state index in [4.69, 9.17) is 10.8 Å². The molecule has 0 unspecified atom stereocenters. The van der Waals surface area contributed by atoms with Gasteiger partial charge in [0.25, 0.3) is 5.56 Å². The Morgan fingerprint density at radius 3 is 2.60 bits per heavy atom. The summed E-state index contributed by atoms with van der Waals surface area (Å²) in [5.41, 5.74) is 3.54. The molecule has 0 fully saturated rings. The Morgan fingerprint density at radius 1 is 1.53 bits per heavy atom. The number of nitrogens with one attached hydrogen (secondary N) is 1. The summed E-state index contributed by atoms with van der Waals surface area (Å²) in [4.78, 5) is 12.9. The number of alkyl halides is 3. The molecule has 1 heterocycles. The van der Waals surface area contributed by atoms with Crippen LogP contribution in [0.4, 0.5) is 18.9 Å². The quantitative estimate of drug-likeness (QED) is 0.676. The highest BCUT2D eigenvalue weighted by molar-refractivity contribution is 5.56. The predicted octanol–water partition coefficient (Wildman–Crippen LogP) is 0.348. The van der Waals surface area contributed by atoms with Crippen molar-refractivity contribution in [3.05, 3.63) is 22.1 Å². The first kappa shape index (κ1) is 11.4. The Balaban J connectivity index is 3.17. The van der Waals surface area contributed by atoms with E-state index in [1.54, 1.807) is 0 Å². The van der Waals surface area contributed by atoms with Gasteiger partial charge in [-0.1, -0.05) is 0 Å². The van der Waals surface area contributed by atoms with E-state index in [1.165, 1.54) is 0 Å². The molecule has 0 aliphatic carbocycles. The number of halogens is 3. The van der Waals surface area contributed by atoms with Crippen LogP contribution in [-0.4, -0.2) is 16.5 Å². The molecule has 1 rings (SSSR count). The molecule has 0 amide bonds. The minimum atomic E-state index is -4.90. The van der Waals surface area contributed by atoms with Crippen LogP contribution in [0.15, 0.2) is 11.0 Å². The molecular formula is C7H7F3N2O3. The maximum atomic E-state index is 11.8. The maximum absolute atomic E-state index is 11.8. The number of aliphatic hydroxyl groups excluding tert-OH is 1. The van der Waals surface area contributed by atoms with Crippen LogP contribution in [0.5, 0.6) is 5.75 Å². The number of aliphatic hydroxyl groups is 1. The molecule has 15 heavy (non-hydrogen) atoms. The first-order valence-corrected chi connectivity index (χ1v) is 3.72. The number of hydrogen-bond donors (Lipinski definition) is 3. The maximum Gasteiger partial charge on any atom is 0.573 e. The van der Waals surface area contributed by atoms with Crippen molar-refractivity contribution in [2.75, 3.05) is 5.73 Å². The molecule has 1 aromatic heterocycles. The van der Waals surface area contributed by atoms with E-state index >= 15 is 0 Å². The van der Waals surface area contributed by atoms with Gasteiger partial charge in [0.15, 0.2) is 5.75 Å². The fourth-order valence-electron chi connectivity index (χ4n) is 0.933. The van der Waals surface area contributed by atoms with Crippen molar-refractivity contribution in [3.63, 3.8) is 0 Å². The van der Waals surface area contributed by atoms with Crippen molar-refractivity contribution in [1.29, 1.82) is 0 Å². The molecule has 1 aromatic rings. The van der Waals surface area contributed by atoms with Gasteiger partial charge in [0.05, 0.1) is 17.9 Å². The van der Waals surface area contributed by atoms with E-state index in [9.17, 15) is 18.0 Å². The lowest BCUT2D eigenvalue weighted by atomic mass is 10.2. The third-order valence-electron chi connectivity index (χ3n) is 1.58. The highest BCUT2D eigenvalue weighted by atomic mass is 19.4. The highest BCUT2D eigenvalue weighted by Gasteiger charge is 2.32. The molecule has 0 saturated heterocycles. The summed E-state index contributed by atoms with van der Waals surface area (Å²) in [6, 6.07) is 0. The molecule has 0 saturated carbocycles. The number of nitrogen functional groups attached to an aromatic ring is 1. The predicted molar refractivity (Wildman–Crippen MR) is 44.1 cm³/mol. The van der Waals surface area contributed by atoms with Gasteiger partial charge in [-0.3, -0.25) is 4.79 Å². The van der Waals surface area contributed by atoms with Gasteiger partial charge < -0.3 is 20.6 Å². The molecule has 8 heteroatoms. The van der Waals surface area contributed by atoms with E-state index < -0.39 is 30.0 Å². The van der Waals surface area contributed by atoms with Crippen LogP contribution in [0.1, 0.15) is 5.56 Å². The SMILES string of the molecule is Nc1c(OC(F)(F)F)c[nH]c(=O)c1CO.